The van der Waals surface area contributed by atoms with Crippen molar-refractivity contribution in [3.8, 4) is 0 Å². The second-order valence-electron chi connectivity index (χ2n) is 6.43. The number of sulfone groups is 1. The predicted molar refractivity (Wildman–Crippen MR) is 99.6 cm³/mol. The van der Waals surface area contributed by atoms with Gasteiger partial charge in [0.2, 0.25) is 0 Å². The number of hydrogen-bond acceptors (Lipinski definition) is 3. The van der Waals surface area contributed by atoms with Crippen LogP contribution in [0.15, 0.2) is 48.5 Å². The van der Waals surface area contributed by atoms with E-state index in [0.29, 0.717) is 23.6 Å². The molecule has 1 fully saturated rings. The third-order valence-electron chi connectivity index (χ3n) is 4.53. The number of benzene rings is 2. The molecule has 0 bridgehead atoms. The van der Waals surface area contributed by atoms with Crippen molar-refractivity contribution in [2.75, 3.05) is 11.5 Å². The van der Waals surface area contributed by atoms with E-state index in [1.165, 1.54) is 0 Å². The Morgan fingerprint density at radius 3 is 2.60 bits per heavy atom. The minimum atomic E-state index is -3.09. The molecule has 132 valence electrons. The molecule has 0 N–H and O–H groups in total. The van der Waals surface area contributed by atoms with Crippen molar-refractivity contribution >= 4 is 27.3 Å². The molecule has 25 heavy (non-hydrogen) atoms. The fourth-order valence-corrected chi connectivity index (χ4v) is 5.13. The Balaban J connectivity index is 1.94. The van der Waals surface area contributed by atoms with Gasteiger partial charge in [-0.05, 0) is 42.7 Å². The molecular weight excluding hydrogens is 358 g/mol. The molecule has 1 heterocycles. The quantitative estimate of drug-likeness (QED) is 0.819. The largest absolute Gasteiger partial charge is 0.330 e. The second kappa shape index (κ2) is 7.18. The lowest BCUT2D eigenvalue weighted by Gasteiger charge is -2.29. The average molecular weight is 378 g/mol. The van der Waals surface area contributed by atoms with Crippen LogP contribution in [0, 0.1) is 6.92 Å². The molecule has 0 spiro atoms. The molecule has 0 aromatic heterocycles. The van der Waals surface area contributed by atoms with E-state index in [1.54, 1.807) is 17.0 Å². The Labute approximate surface area is 153 Å². The van der Waals surface area contributed by atoms with Gasteiger partial charge in [-0.15, -0.1) is 0 Å². The summed E-state index contributed by atoms with van der Waals surface area (Å²) in [6.07, 6.45) is 0.473. The Hall–Kier alpha value is -1.85. The van der Waals surface area contributed by atoms with E-state index in [2.05, 4.69) is 0 Å². The van der Waals surface area contributed by atoms with Gasteiger partial charge in [-0.3, -0.25) is 4.79 Å². The summed E-state index contributed by atoms with van der Waals surface area (Å²) in [5.74, 6) is 0.0100. The lowest BCUT2D eigenvalue weighted by Crippen LogP contribution is -2.40. The second-order valence-corrected chi connectivity index (χ2v) is 9.10. The highest BCUT2D eigenvalue weighted by atomic mass is 35.5. The zero-order valence-electron chi connectivity index (χ0n) is 14.0. The van der Waals surface area contributed by atoms with Crippen molar-refractivity contribution in [3.63, 3.8) is 0 Å². The van der Waals surface area contributed by atoms with Gasteiger partial charge in [-0.2, -0.15) is 0 Å². The maximum absolute atomic E-state index is 13.2. The van der Waals surface area contributed by atoms with Crippen molar-refractivity contribution in [3.05, 3.63) is 70.2 Å². The molecule has 1 aliphatic heterocycles. The number of aryl methyl sites for hydroxylation is 1. The SMILES string of the molecule is Cc1ccccc1C(=O)N(Cc1cccc(Cl)c1)[C@@H]1CCS(=O)(=O)C1. The van der Waals surface area contributed by atoms with Crippen LogP contribution in [-0.2, 0) is 16.4 Å². The molecule has 1 atom stereocenters. The molecule has 3 rings (SSSR count). The first-order valence-electron chi connectivity index (χ1n) is 8.17. The zero-order valence-corrected chi connectivity index (χ0v) is 15.6. The number of halogens is 1. The Morgan fingerprint density at radius 2 is 1.96 bits per heavy atom. The van der Waals surface area contributed by atoms with Gasteiger partial charge in [0.05, 0.1) is 11.5 Å². The van der Waals surface area contributed by atoms with Gasteiger partial charge in [-0.25, -0.2) is 8.42 Å². The molecule has 1 aliphatic rings. The summed E-state index contributed by atoms with van der Waals surface area (Å²) < 4.78 is 23.8. The number of hydrogen-bond donors (Lipinski definition) is 0. The highest BCUT2D eigenvalue weighted by Crippen LogP contribution is 2.24. The smallest absolute Gasteiger partial charge is 0.254 e. The van der Waals surface area contributed by atoms with Crippen LogP contribution in [-0.4, -0.2) is 36.8 Å². The average Bonchev–Trinajstić information content (AvgIpc) is 2.92. The monoisotopic (exact) mass is 377 g/mol. The van der Waals surface area contributed by atoms with Crippen LogP contribution in [0.3, 0.4) is 0 Å². The molecule has 0 radical (unpaired) electrons. The summed E-state index contributed by atoms with van der Waals surface area (Å²) in [5.41, 5.74) is 2.37. The van der Waals surface area contributed by atoms with Crippen LogP contribution in [0.5, 0.6) is 0 Å². The van der Waals surface area contributed by atoms with Gasteiger partial charge in [0.25, 0.3) is 5.91 Å². The van der Waals surface area contributed by atoms with Gasteiger partial charge in [-0.1, -0.05) is 41.9 Å². The van der Waals surface area contributed by atoms with E-state index >= 15 is 0 Å². The van der Waals surface area contributed by atoms with Gasteiger partial charge in [0, 0.05) is 23.2 Å². The number of carbonyl (C=O) groups excluding carboxylic acids is 1. The topological polar surface area (TPSA) is 54.5 Å². The standard InChI is InChI=1S/C19H20ClNO3S/c1-14-5-2-3-8-18(14)19(22)21(17-9-10-25(23,24)13-17)12-15-6-4-7-16(20)11-15/h2-8,11,17H,9-10,12-13H2,1H3/t17-/m1/s1. The van der Waals surface area contributed by atoms with E-state index in [-0.39, 0.29) is 23.5 Å². The Kier molecular flexibility index (Phi) is 5.16. The molecule has 2 aromatic rings. The molecule has 1 saturated heterocycles. The summed E-state index contributed by atoms with van der Waals surface area (Å²) in [6, 6.07) is 14.4. The highest BCUT2D eigenvalue weighted by molar-refractivity contribution is 7.91. The lowest BCUT2D eigenvalue weighted by atomic mass is 10.1. The maximum Gasteiger partial charge on any atom is 0.254 e. The minimum absolute atomic E-state index is 0.0190. The zero-order chi connectivity index (χ0) is 18.0. The summed E-state index contributed by atoms with van der Waals surface area (Å²) >= 11 is 6.06. The van der Waals surface area contributed by atoms with Crippen molar-refractivity contribution in [1.29, 1.82) is 0 Å². The Bertz CT molecular complexity index is 895. The number of carbonyl (C=O) groups is 1. The van der Waals surface area contributed by atoms with Crippen LogP contribution in [0.2, 0.25) is 5.02 Å². The highest BCUT2D eigenvalue weighted by Gasteiger charge is 2.35. The van der Waals surface area contributed by atoms with Crippen molar-refractivity contribution in [1.82, 2.24) is 4.90 Å². The fourth-order valence-electron chi connectivity index (χ4n) is 3.19. The van der Waals surface area contributed by atoms with Crippen LogP contribution in [0.25, 0.3) is 0 Å². The van der Waals surface area contributed by atoms with Crippen molar-refractivity contribution in [2.24, 2.45) is 0 Å². The van der Waals surface area contributed by atoms with Crippen LogP contribution in [0.1, 0.15) is 27.9 Å². The molecule has 6 heteroatoms. The van der Waals surface area contributed by atoms with Crippen molar-refractivity contribution in [2.45, 2.75) is 25.9 Å². The van der Waals surface area contributed by atoms with E-state index in [0.717, 1.165) is 11.1 Å². The number of nitrogens with zero attached hydrogens (tertiary/aromatic N) is 1. The molecule has 1 amide bonds. The summed E-state index contributed by atoms with van der Waals surface area (Å²) in [6.45, 7) is 2.23. The molecule has 0 saturated carbocycles. The van der Waals surface area contributed by atoms with E-state index in [9.17, 15) is 13.2 Å². The van der Waals surface area contributed by atoms with Crippen LogP contribution < -0.4 is 0 Å². The number of amides is 1. The van der Waals surface area contributed by atoms with E-state index in [4.69, 9.17) is 11.6 Å². The first-order valence-corrected chi connectivity index (χ1v) is 10.4. The fraction of sp³-hybridized carbons (Fsp3) is 0.316. The molecule has 0 unspecified atom stereocenters. The van der Waals surface area contributed by atoms with Crippen molar-refractivity contribution < 1.29 is 13.2 Å². The van der Waals surface area contributed by atoms with E-state index < -0.39 is 9.84 Å². The first kappa shape index (κ1) is 18.0. The normalized spacial score (nSPS) is 18.9. The van der Waals surface area contributed by atoms with Crippen LogP contribution >= 0.6 is 11.6 Å². The van der Waals surface area contributed by atoms with Gasteiger partial charge in [0.1, 0.15) is 0 Å². The predicted octanol–water partition coefficient (Wildman–Crippen LogP) is 3.48. The summed E-state index contributed by atoms with van der Waals surface area (Å²) in [4.78, 5) is 14.8. The molecular formula is C19H20ClNO3S. The third-order valence-corrected chi connectivity index (χ3v) is 6.51. The van der Waals surface area contributed by atoms with Gasteiger partial charge < -0.3 is 4.90 Å². The Morgan fingerprint density at radius 1 is 1.20 bits per heavy atom. The minimum Gasteiger partial charge on any atom is -0.330 e. The van der Waals surface area contributed by atoms with Gasteiger partial charge in [0.15, 0.2) is 9.84 Å². The van der Waals surface area contributed by atoms with E-state index in [1.807, 2.05) is 43.3 Å². The van der Waals surface area contributed by atoms with Gasteiger partial charge >= 0.3 is 0 Å². The summed E-state index contributed by atoms with van der Waals surface area (Å²) in [5, 5.41) is 0.597. The first-order chi connectivity index (χ1) is 11.9. The lowest BCUT2D eigenvalue weighted by molar-refractivity contribution is 0.0680. The summed E-state index contributed by atoms with van der Waals surface area (Å²) in [7, 11) is -3.09. The molecule has 2 aromatic carbocycles. The number of rotatable bonds is 4. The van der Waals surface area contributed by atoms with Crippen LogP contribution in [0.4, 0.5) is 0 Å². The molecule has 4 nitrogen and oxygen atoms in total. The maximum atomic E-state index is 13.2. The molecule has 0 aliphatic carbocycles. The third kappa shape index (κ3) is 4.22.